The van der Waals surface area contributed by atoms with E-state index in [1.54, 1.807) is 0 Å². The lowest BCUT2D eigenvalue weighted by molar-refractivity contribution is -0.137. The smallest absolute Gasteiger partial charge is 0.355 e. The predicted octanol–water partition coefficient (Wildman–Crippen LogP) is 3.25. The van der Waals surface area contributed by atoms with E-state index in [0.29, 0.717) is 6.20 Å². The van der Waals surface area contributed by atoms with E-state index in [1.165, 1.54) is 25.4 Å². The van der Waals surface area contributed by atoms with Gasteiger partial charge in [0.1, 0.15) is 11.0 Å². The van der Waals surface area contributed by atoms with Crippen LogP contribution in [0.15, 0.2) is 30.6 Å². The molecule has 0 atom stereocenters. The minimum absolute atomic E-state index is 0.0189. The Bertz CT molecular complexity index is 706. The number of hydrogen-bond acceptors (Lipinski definition) is 4. The van der Waals surface area contributed by atoms with E-state index in [9.17, 15) is 18.0 Å². The Morgan fingerprint density at radius 3 is 2.68 bits per heavy atom. The Labute approximate surface area is 128 Å². The summed E-state index contributed by atoms with van der Waals surface area (Å²) in [5.41, 5.74) is -1.24. The Balaban J connectivity index is 2.48. The van der Waals surface area contributed by atoms with E-state index in [-0.39, 0.29) is 22.2 Å². The molecular formula is C13H10ClF3N4O. The Morgan fingerprint density at radius 1 is 1.32 bits per heavy atom. The van der Waals surface area contributed by atoms with Crippen molar-refractivity contribution in [3.05, 3.63) is 46.9 Å². The molecule has 1 amide bonds. The van der Waals surface area contributed by atoms with Gasteiger partial charge in [-0.25, -0.2) is 9.97 Å². The van der Waals surface area contributed by atoms with Gasteiger partial charge in [-0.2, -0.15) is 13.2 Å². The zero-order chi connectivity index (χ0) is 16.3. The van der Waals surface area contributed by atoms with Crippen molar-refractivity contribution in [2.24, 2.45) is 0 Å². The molecule has 0 aliphatic heterocycles. The summed E-state index contributed by atoms with van der Waals surface area (Å²) in [6.45, 7) is 0. The van der Waals surface area contributed by atoms with Crippen LogP contribution in [0.1, 0.15) is 15.9 Å². The lowest BCUT2D eigenvalue weighted by atomic mass is 10.2. The van der Waals surface area contributed by atoms with Crippen molar-refractivity contribution in [3.8, 4) is 0 Å². The molecule has 2 heterocycles. The number of hydrogen-bond donors (Lipinski definition) is 2. The second-order valence-electron chi connectivity index (χ2n) is 4.15. The van der Waals surface area contributed by atoms with Crippen LogP contribution in [0.25, 0.3) is 0 Å². The first kappa shape index (κ1) is 16.0. The highest BCUT2D eigenvalue weighted by molar-refractivity contribution is 6.29. The van der Waals surface area contributed by atoms with Crippen LogP contribution in [0, 0.1) is 0 Å². The van der Waals surface area contributed by atoms with Gasteiger partial charge in [-0.3, -0.25) is 4.79 Å². The molecule has 2 rings (SSSR count). The van der Waals surface area contributed by atoms with Crippen molar-refractivity contribution in [2.45, 2.75) is 6.18 Å². The highest BCUT2D eigenvalue weighted by atomic mass is 35.5. The van der Waals surface area contributed by atoms with Crippen LogP contribution in [0.4, 0.5) is 24.7 Å². The zero-order valence-electron chi connectivity index (χ0n) is 11.2. The number of rotatable bonds is 3. The fourth-order valence-corrected chi connectivity index (χ4v) is 1.87. The van der Waals surface area contributed by atoms with Crippen molar-refractivity contribution in [1.29, 1.82) is 0 Å². The summed E-state index contributed by atoms with van der Waals surface area (Å²) in [6.07, 6.45) is -2.65. The number of pyridine rings is 2. The van der Waals surface area contributed by atoms with Crippen LogP contribution in [-0.2, 0) is 6.18 Å². The van der Waals surface area contributed by atoms with Crippen LogP contribution in [0.2, 0.25) is 5.15 Å². The summed E-state index contributed by atoms with van der Waals surface area (Å²) in [7, 11) is 1.41. The van der Waals surface area contributed by atoms with Gasteiger partial charge in [0.25, 0.3) is 5.91 Å². The fraction of sp³-hybridized carbons (Fsp3) is 0.154. The third kappa shape index (κ3) is 3.45. The van der Waals surface area contributed by atoms with Gasteiger partial charge in [0.2, 0.25) is 0 Å². The van der Waals surface area contributed by atoms with Crippen molar-refractivity contribution in [1.82, 2.24) is 15.3 Å². The van der Waals surface area contributed by atoms with Crippen LogP contribution in [0.3, 0.4) is 0 Å². The molecule has 0 aliphatic carbocycles. The number of aromatic nitrogens is 2. The topological polar surface area (TPSA) is 66.9 Å². The third-order valence-electron chi connectivity index (χ3n) is 2.71. The van der Waals surface area contributed by atoms with Crippen LogP contribution >= 0.6 is 11.6 Å². The molecule has 9 heteroatoms. The van der Waals surface area contributed by atoms with Crippen LogP contribution in [-0.4, -0.2) is 22.9 Å². The molecule has 116 valence electrons. The van der Waals surface area contributed by atoms with E-state index in [1.807, 2.05) is 0 Å². The van der Waals surface area contributed by atoms with Crippen molar-refractivity contribution in [3.63, 3.8) is 0 Å². The third-order valence-corrected chi connectivity index (χ3v) is 2.92. The SMILES string of the molecule is CNC(=O)c1cccnc1Nc1cc(Cl)ncc1C(F)(F)F. The van der Waals surface area contributed by atoms with E-state index >= 15 is 0 Å². The normalized spacial score (nSPS) is 11.1. The lowest BCUT2D eigenvalue weighted by Crippen LogP contribution is -2.20. The van der Waals surface area contributed by atoms with Gasteiger partial charge >= 0.3 is 6.18 Å². The molecule has 2 N–H and O–H groups in total. The van der Waals surface area contributed by atoms with Gasteiger partial charge in [0.15, 0.2) is 0 Å². The van der Waals surface area contributed by atoms with Gasteiger partial charge in [-0.1, -0.05) is 11.6 Å². The second kappa shape index (κ2) is 6.18. The fourth-order valence-electron chi connectivity index (χ4n) is 1.71. The van der Waals surface area contributed by atoms with E-state index in [0.717, 1.165) is 6.07 Å². The Morgan fingerprint density at radius 2 is 2.05 bits per heavy atom. The number of nitrogens with one attached hydrogen (secondary N) is 2. The number of nitrogens with zero attached hydrogens (tertiary/aromatic N) is 2. The van der Waals surface area contributed by atoms with E-state index in [4.69, 9.17) is 11.6 Å². The quantitative estimate of drug-likeness (QED) is 0.848. The molecule has 0 aromatic carbocycles. The molecule has 5 nitrogen and oxygen atoms in total. The van der Waals surface area contributed by atoms with Gasteiger partial charge < -0.3 is 10.6 Å². The second-order valence-corrected chi connectivity index (χ2v) is 4.54. The number of anilines is 2. The number of amides is 1. The van der Waals surface area contributed by atoms with Crippen molar-refractivity contribution >= 4 is 29.0 Å². The first-order valence-electron chi connectivity index (χ1n) is 6.00. The Kier molecular flexibility index (Phi) is 4.51. The van der Waals surface area contributed by atoms with E-state index < -0.39 is 17.6 Å². The van der Waals surface area contributed by atoms with Crippen LogP contribution < -0.4 is 10.6 Å². The summed E-state index contributed by atoms with van der Waals surface area (Å²) in [4.78, 5) is 19.0. The molecule has 22 heavy (non-hydrogen) atoms. The van der Waals surface area contributed by atoms with Gasteiger partial charge in [-0.05, 0) is 18.2 Å². The summed E-state index contributed by atoms with van der Waals surface area (Å²) in [6, 6.07) is 3.96. The van der Waals surface area contributed by atoms with E-state index in [2.05, 4.69) is 20.6 Å². The molecule has 2 aromatic heterocycles. The number of alkyl halides is 3. The van der Waals surface area contributed by atoms with Crippen molar-refractivity contribution in [2.75, 3.05) is 12.4 Å². The zero-order valence-corrected chi connectivity index (χ0v) is 12.0. The molecule has 2 aromatic rings. The maximum atomic E-state index is 13.0. The standard InChI is InChI=1S/C13H10ClF3N4O/c1-18-12(22)7-3-2-4-19-11(7)21-9-5-10(14)20-6-8(9)13(15,16)17/h2-6H,1H3,(H,18,22)(H,19,20,21). The number of carbonyl (C=O) groups is 1. The first-order valence-corrected chi connectivity index (χ1v) is 6.37. The molecular weight excluding hydrogens is 321 g/mol. The summed E-state index contributed by atoms with van der Waals surface area (Å²) in [5.74, 6) is -0.501. The largest absolute Gasteiger partial charge is 0.419 e. The molecule has 0 fully saturated rings. The molecule has 0 bridgehead atoms. The number of carbonyl (C=O) groups excluding carboxylic acids is 1. The maximum Gasteiger partial charge on any atom is 0.419 e. The lowest BCUT2D eigenvalue weighted by Gasteiger charge is -2.15. The summed E-state index contributed by atoms with van der Waals surface area (Å²) in [5, 5.41) is 4.75. The van der Waals surface area contributed by atoms with Gasteiger partial charge in [0.05, 0.1) is 16.8 Å². The minimum atomic E-state index is -4.62. The first-order chi connectivity index (χ1) is 10.3. The Hall–Kier alpha value is -2.35. The molecule has 0 radical (unpaired) electrons. The summed E-state index contributed by atoms with van der Waals surface area (Å²) >= 11 is 5.64. The summed E-state index contributed by atoms with van der Waals surface area (Å²) < 4.78 is 39.0. The maximum absolute atomic E-state index is 13.0. The molecule has 0 saturated heterocycles. The van der Waals surface area contributed by atoms with Crippen LogP contribution in [0.5, 0.6) is 0 Å². The average molecular weight is 331 g/mol. The van der Waals surface area contributed by atoms with Crippen molar-refractivity contribution < 1.29 is 18.0 Å². The number of halogens is 4. The van der Waals surface area contributed by atoms with Gasteiger partial charge in [-0.15, -0.1) is 0 Å². The average Bonchev–Trinajstić information content (AvgIpc) is 2.46. The molecule has 0 saturated carbocycles. The molecule has 0 aliphatic rings. The van der Waals surface area contributed by atoms with Gasteiger partial charge in [0, 0.05) is 19.4 Å². The minimum Gasteiger partial charge on any atom is -0.355 e. The monoisotopic (exact) mass is 330 g/mol. The molecule has 0 unspecified atom stereocenters. The predicted molar refractivity (Wildman–Crippen MR) is 75.2 cm³/mol. The molecule has 0 spiro atoms. The highest BCUT2D eigenvalue weighted by Crippen LogP contribution is 2.36. The highest BCUT2D eigenvalue weighted by Gasteiger charge is 2.34.